The first-order valence-electron chi connectivity index (χ1n) is 6.56. The van der Waals surface area contributed by atoms with Crippen molar-refractivity contribution >= 4 is 5.82 Å². The van der Waals surface area contributed by atoms with Crippen molar-refractivity contribution in [1.82, 2.24) is 9.97 Å². The van der Waals surface area contributed by atoms with Gasteiger partial charge in [-0.1, -0.05) is 24.3 Å². The summed E-state index contributed by atoms with van der Waals surface area (Å²) in [4.78, 5) is 7.98. The second kappa shape index (κ2) is 5.62. The molecule has 22 heavy (non-hydrogen) atoms. The minimum Gasteiger partial charge on any atom is -0.382 e. The molecule has 4 nitrogen and oxygen atoms in total. The predicted molar refractivity (Wildman–Crippen MR) is 82.0 cm³/mol. The number of halogens is 1. The Kier molecular flexibility index (Phi) is 3.50. The molecule has 3 rings (SSSR count). The number of rotatable bonds is 2. The molecule has 1 aromatic heterocycles. The molecule has 0 saturated heterocycles. The number of hydrogen-bond donors (Lipinski definition) is 1. The van der Waals surface area contributed by atoms with Crippen LogP contribution in [0.4, 0.5) is 10.2 Å². The summed E-state index contributed by atoms with van der Waals surface area (Å²) in [5.74, 6) is -0.145. The largest absolute Gasteiger partial charge is 0.382 e. The van der Waals surface area contributed by atoms with Gasteiger partial charge in [-0.25, -0.2) is 9.37 Å². The van der Waals surface area contributed by atoms with Crippen molar-refractivity contribution in [2.45, 2.75) is 0 Å². The third-order valence-electron chi connectivity index (χ3n) is 3.28. The van der Waals surface area contributed by atoms with Crippen LogP contribution in [0.2, 0.25) is 0 Å². The number of nitrogen functional groups attached to an aromatic ring is 1. The molecular formula is C17H11FN4. The van der Waals surface area contributed by atoms with Crippen molar-refractivity contribution in [2.24, 2.45) is 0 Å². The Hall–Kier alpha value is -3.26. The Morgan fingerprint density at radius 2 is 1.82 bits per heavy atom. The van der Waals surface area contributed by atoms with Gasteiger partial charge in [-0.2, -0.15) is 5.26 Å². The lowest BCUT2D eigenvalue weighted by Crippen LogP contribution is -1.94. The van der Waals surface area contributed by atoms with Gasteiger partial charge in [-0.15, -0.1) is 0 Å². The number of hydrogen-bond acceptors (Lipinski definition) is 4. The Bertz CT molecular complexity index is 867. The average molecular weight is 290 g/mol. The maximum Gasteiger partial charge on any atom is 0.141 e. The first-order valence-corrected chi connectivity index (χ1v) is 6.56. The fourth-order valence-corrected chi connectivity index (χ4v) is 2.20. The number of nitrogens with zero attached hydrogens (tertiary/aromatic N) is 3. The van der Waals surface area contributed by atoms with Gasteiger partial charge in [0.2, 0.25) is 0 Å². The minimum absolute atomic E-state index is 0.281. The van der Waals surface area contributed by atoms with Crippen LogP contribution in [0.1, 0.15) is 5.56 Å². The van der Waals surface area contributed by atoms with E-state index in [2.05, 4.69) is 16.0 Å². The van der Waals surface area contributed by atoms with Crippen molar-refractivity contribution in [1.29, 1.82) is 5.26 Å². The fraction of sp³-hybridized carbons (Fsp3) is 0. The average Bonchev–Trinajstić information content (AvgIpc) is 2.56. The second-order valence-electron chi connectivity index (χ2n) is 4.68. The smallest absolute Gasteiger partial charge is 0.141 e. The van der Waals surface area contributed by atoms with Crippen LogP contribution in [-0.4, -0.2) is 9.97 Å². The van der Waals surface area contributed by atoms with Gasteiger partial charge in [0.1, 0.15) is 11.6 Å². The van der Waals surface area contributed by atoms with E-state index in [4.69, 9.17) is 11.0 Å². The summed E-state index contributed by atoms with van der Waals surface area (Å²) >= 11 is 0. The van der Waals surface area contributed by atoms with E-state index >= 15 is 0 Å². The van der Waals surface area contributed by atoms with Gasteiger partial charge < -0.3 is 5.73 Å². The normalized spacial score (nSPS) is 10.2. The van der Waals surface area contributed by atoms with Crippen LogP contribution >= 0.6 is 0 Å². The summed E-state index contributed by atoms with van der Waals surface area (Å²) in [5, 5.41) is 9.13. The molecule has 0 spiro atoms. The highest BCUT2D eigenvalue weighted by Crippen LogP contribution is 2.28. The van der Waals surface area contributed by atoms with Crippen LogP contribution in [0, 0.1) is 17.1 Å². The fourth-order valence-electron chi connectivity index (χ4n) is 2.20. The molecule has 2 N–H and O–H groups in total. The number of anilines is 1. The van der Waals surface area contributed by atoms with E-state index in [9.17, 15) is 4.39 Å². The first-order chi connectivity index (χ1) is 10.7. The van der Waals surface area contributed by atoms with E-state index in [0.29, 0.717) is 27.9 Å². The predicted octanol–water partition coefficient (Wildman–Crippen LogP) is 3.40. The molecular weight excluding hydrogens is 279 g/mol. The molecule has 0 aliphatic heterocycles. The highest BCUT2D eigenvalue weighted by Gasteiger charge is 2.10. The Labute approximate surface area is 126 Å². The Morgan fingerprint density at radius 3 is 2.50 bits per heavy atom. The second-order valence-corrected chi connectivity index (χ2v) is 4.68. The zero-order valence-corrected chi connectivity index (χ0v) is 11.5. The van der Waals surface area contributed by atoms with Gasteiger partial charge in [0.15, 0.2) is 0 Å². The quantitative estimate of drug-likeness (QED) is 0.784. The summed E-state index contributed by atoms with van der Waals surface area (Å²) in [6.07, 6.45) is 2.81. The van der Waals surface area contributed by atoms with Gasteiger partial charge in [0.25, 0.3) is 0 Å². The van der Waals surface area contributed by atoms with Crippen LogP contribution in [0.15, 0.2) is 54.9 Å². The van der Waals surface area contributed by atoms with Crippen LogP contribution in [-0.2, 0) is 0 Å². The molecule has 0 bridgehead atoms. The lowest BCUT2D eigenvalue weighted by atomic mass is 9.98. The number of aromatic nitrogens is 2. The number of benzene rings is 2. The standard InChI is InChI=1S/C17H11FN4/c18-15-7-11(13-4-2-1-3-12(13)8-19)5-6-14(15)16-9-22-17(20)10-21-16/h1-7,9-10H,(H2,20,22). The van der Waals surface area contributed by atoms with Gasteiger partial charge in [0.05, 0.1) is 29.7 Å². The lowest BCUT2D eigenvalue weighted by molar-refractivity contribution is 0.631. The molecule has 3 aromatic rings. The van der Waals surface area contributed by atoms with Crippen molar-refractivity contribution < 1.29 is 4.39 Å². The number of nitrogens with two attached hydrogens (primary N) is 1. The molecule has 0 radical (unpaired) electrons. The maximum absolute atomic E-state index is 14.4. The molecule has 1 heterocycles. The Morgan fingerprint density at radius 1 is 1.00 bits per heavy atom. The molecule has 0 aliphatic rings. The molecule has 2 aromatic carbocycles. The molecule has 0 unspecified atom stereocenters. The third kappa shape index (κ3) is 2.50. The van der Waals surface area contributed by atoms with E-state index in [-0.39, 0.29) is 5.82 Å². The summed E-state index contributed by atoms with van der Waals surface area (Å²) in [6, 6.07) is 14.0. The van der Waals surface area contributed by atoms with Crippen LogP contribution in [0.5, 0.6) is 0 Å². The molecule has 0 atom stereocenters. The van der Waals surface area contributed by atoms with Gasteiger partial charge >= 0.3 is 0 Å². The van der Waals surface area contributed by atoms with E-state index in [1.165, 1.54) is 18.5 Å². The van der Waals surface area contributed by atoms with E-state index in [1.807, 2.05) is 6.07 Å². The van der Waals surface area contributed by atoms with Crippen molar-refractivity contribution in [3.8, 4) is 28.5 Å². The Balaban J connectivity index is 2.06. The number of nitriles is 1. The molecule has 0 fully saturated rings. The molecule has 0 amide bonds. The molecule has 0 saturated carbocycles. The van der Waals surface area contributed by atoms with Gasteiger partial charge in [-0.05, 0) is 29.3 Å². The highest BCUT2D eigenvalue weighted by atomic mass is 19.1. The van der Waals surface area contributed by atoms with E-state index in [0.717, 1.165) is 0 Å². The van der Waals surface area contributed by atoms with E-state index < -0.39 is 5.82 Å². The lowest BCUT2D eigenvalue weighted by Gasteiger charge is -2.07. The van der Waals surface area contributed by atoms with Crippen LogP contribution < -0.4 is 5.73 Å². The topological polar surface area (TPSA) is 75.6 Å². The van der Waals surface area contributed by atoms with Gasteiger partial charge in [0, 0.05) is 5.56 Å². The minimum atomic E-state index is -0.427. The maximum atomic E-state index is 14.4. The van der Waals surface area contributed by atoms with Crippen molar-refractivity contribution in [2.75, 3.05) is 5.73 Å². The third-order valence-corrected chi connectivity index (χ3v) is 3.28. The van der Waals surface area contributed by atoms with Crippen LogP contribution in [0.3, 0.4) is 0 Å². The van der Waals surface area contributed by atoms with Crippen molar-refractivity contribution in [3.63, 3.8) is 0 Å². The summed E-state index contributed by atoms with van der Waals surface area (Å²) in [6.45, 7) is 0. The van der Waals surface area contributed by atoms with E-state index in [1.54, 1.807) is 30.3 Å². The highest BCUT2D eigenvalue weighted by molar-refractivity contribution is 5.73. The SMILES string of the molecule is N#Cc1ccccc1-c1ccc(-c2cnc(N)cn2)c(F)c1. The van der Waals surface area contributed by atoms with Gasteiger partial charge in [-0.3, -0.25) is 4.98 Å². The van der Waals surface area contributed by atoms with Crippen molar-refractivity contribution in [3.05, 3.63) is 66.2 Å². The zero-order valence-electron chi connectivity index (χ0n) is 11.5. The zero-order chi connectivity index (χ0) is 15.5. The first kappa shape index (κ1) is 13.7. The summed E-state index contributed by atoms with van der Waals surface area (Å²) < 4.78 is 14.4. The monoisotopic (exact) mass is 290 g/mol. The molecule has 0 aliphatic carbocycles. The van der Waals surface area contributed by atoms with Crippen LogP contribution in [0.25, 0.3) is 22.4 Å². The summed E-state index contributed by atoms with van der Waals surface area (Å²) in [7, 11) is 0. The molecule has 106 valence electrons. The summed E-state index contributed by atoms with van der Waals surface area (Å²) in [5.41, 5.74) is 8.06. The molecule has 5 heteroatoms.